The molecule has 2 aliphatic heterocycles. The van der Waals surface area contributed by atoms with Crippen molar-refractivity contribution in [1.29, 1.82) is 0 Å². The lowest BCUT2D eigenvalue weighted by molar-refractivity contribution is -0.384. The number of hydrogen-bond donors (Lipinski definition) is 1. The minimum Gasteiger partial charge on any atom is -0.497 e. The molecule has 8 nitrogen and oxygen atoms in total. The molecule has 2 aliphatic rings. The first-order valence-corrected chi connectivity index (χ1v) is 11.9. The highest BCUT2D eigenvalue weighted by molar-refractivity contribution is 5.82. The fourth-order valence-corrected chi connectivity index (χ4v) is 5.17. The second kappa shape index (κ2) is 9.85. The van der Waals surface area contributed by atoms with Gasteiger partial charge >= 0.3 is 0 Å². The Hall–Kier alpha value is -4.14. The number of nitrogens with one attached hydrogen (secondary N) is 1. The third-order valence-electron chi connectivity index (χ3n) is 7.06. The summed E-state index contributed by atoms with van der Waals surface area (Å²) >= 11 is 0. The van der Waals surface area contributed by atoms with Gasteiger partial charge in [-0.1, -0.05) is 12.1 Å². The van der Waals surface area contributed by atoms with E-state index in [0.717, 1.165) is 34.8 Å². The first kappa shape index (κ1) is 23.6. The summed E-state index contributed by atoms with van der Waals surface area (Å²) in [5.74, 6) is -0.0697. The molecule has 2 heterocycles. The van der Waals surface area contributed by atoms with Crippen molar-refractivity contribution in [2.75, 3.05) is 36.5 Å². The van der Waals surface area contributed by atoms with Gasteiger partial charge in [-0.15, -0.1) is 0 Å². The Balaban J connectivity index is 1.41. The Morgan fingerprint density at radius 3 is 2.56 bits per heavy atom. The number of amides is 1. The zero-order valence-electron chi connectivity index (χ0n) is 19.9. The van der Waals surface area contributed by atoms with Gasteiger partial charge in [0.25, 0.3) is 5.69 Å². The number of non-ortho nitro benzene ring substituents is 1. The molecule has 0 spiro atoms. The van der Waals surface area contributed by atoms with Crippen molar-refractivity contribution in [3.8, 4) is 5.75 Å². The van der Waals surface area contributed by atoms with E-state index in [-0.39, 0.29) is 30.0 Å². The van der Waals surface area contributed by atoms with Gasteiger partial charge in [0.05, 0.1) is 24.0 Å². The molecule has 1 saturated heterocycles. The van der Waals surface area contributed by atoms with Gasteiger partial charge in [0.15, 0.2) is 0 Å². The number of nitro groups is 1. The normalized spacial score (nSPS) is 18.7. The molecule has 0 bridgehead atoms. The molecule has 1 N–H and O–H groups in total. The highest BCUT2D eigenvalue weighted by Gasteiger charge is 2.42. The molecule has 186 valence electrons. The van der Waals surface area contributed by atoms with Gasteiger partial charge in [-0.05, 0) is 60.0 Å². The summed E-state index contributed by atoms with van der Waals surface area (Å²) < 4.78 is 18.5. The summed E-state index contributed by atoms with van der Waals surface area (Å²) in [7, 11) is 1.63. The maximum Gasteiger partial charge on any atom is 0.269 e. The van der Waals surface area contributed by atoms with Gasteiger partial charge in [0, 0.05) is 49.7 Å². The number of anilines is 2. The fraction of sp³-hybridized carbons (Fsp3) is 0.296. The third kappa shape index (κ3) is 4.68. The lowest BCUT2D eigenvalue weighted by Crippen LogP contribution is -2.61. The number of carbonyl (C=O) groups excluding carboxylic acids is 1. The number of piperazine rings is 1. The molecular formula is C27H27FN4O4. The molecule has 0 aromatic heterocycles. The highest BCUT2D eigenvalue weighted by atomic mass is 19.1. The fourth-order valence-electron chi connectivity index (χ4n) is 5.17. The quantitative estimate of drug-likeness (QED) is 0.416. The van der Waals surface area contributed by atoms with E-state index in [1.165, 1.54) is 18.2 Å². The van der Waals surface area contributed by atoms with Crippen LogP contribution in [0.3, 0.4) is 0 Å². The third-order valence-corrected chi connectivity index (χ3v) is 7.06. The molecule has 1 amide bonds. The maximum absolute atomic E-state index is 13.5. The predicted molar refractivity (Wildman–Crippen MR) is 135 cm³/mol. The van der Waals surface area contributed by atoms with Gasteiger partial charge in [-0.3, -0.25) is 14.9 Å². The minimum absolute atomic E-state index is 0.0227. The molecule has 3 aromatic carbocycles. The molecular weight excluding hydrogens is 463 g/mol. The van der Waals surface area contributed by atoms with Gasteiger partial charge in [-0.2, -0.15) is 0 Å². The summed E-state index contributed by atoms with van der Waals surface area (Å²) in [4.78, 5) is 28.9. The average molecular weight is 491 g/mol. The topological polar surface area (TPSA) is 87.9 Å². The lowest BCUT2D eigenvalue weighted by atomic mass is 9.83. The predicted octanol–water partition coefficient (Wildman–Crippen LogP) is 3.93. The van der Waals surface area contributed by atoms with E-state index in [9.17, 15) is 19.3 Å². The molecule has 2 atom stereocenters. The number of methoxy groups -OCH3 is 1. The van der Waals surface area contributed by atoms with Crippen LogP contribution in [0.2, 0.25) is 0 Å². The Morgan fingerprint density at radius 2 is 1.86 bits per heavy atom. The largest absolute Gasteiger partial charge is 0.497 e. The molecule has 0 saturated carbocycles. The van der Waals surface area contributed by atoms with Crippen molar-refractivity contribution in [1.82, 2.24) is 5.32 Å². The van der Waals surface area contributed by atoms with E-state index in [1.807, 2.05) is 24.3 Å². The van der Waals surface area contributed by atoms with Crippen LogP contribution in [0.5, 0.6) is 5.75 Å². The van der Waals surface area contributed by atoms with Crippen LogP contribution < -0.4 is 19.9 Å². The van der Waals surface area contributed by atoms with Crippen molar-refractivity contribution in [2.24, 2.45) is 5.92 Å². The zero-order chi connectivity index (χ0) is 25.2. The van der Waals surface area contributed by atoms with E-state index in [4.69, 9.17) is 4.74 Å². The molecule has 5 rings (SSSR count). The summed E-state index contributed by atoms with van der Waals surface area (Å²) in [5.41, 5.74) is 3.63. The summed E-state index contributed by atoms with van der Waals surface area (Å²) in [6.45, 7) is 2.36. The van der Waals surface area contributed by atoms with Gasteiger partial charge in [0.2, 0.25) is 5.91 Å². The van der Waals surface area contributed by atoms with Crippen molar-refractivity contribution in [3.05, 3.63) is 93.8 Å². The average Bonchev–Trinajstić information content (AvgIpc) is 2.91. The highest BCUT2D eigenvalue weighted by Crippen LogP contribution is 2.38. The molecule has 3 aromatic rings. The van der Waals surface area contributed by atoms with Crippen LogP contribution >= 0.6 is 0 Å². The number of carbonyl (C=O) groups is 1. The van der Waals surface area contributed by atoms with E-state index in [1.54, 1.807) is 31.4 Å². The van der Waals surface area contributed by atoms with Crippen LogP contribution in [-0.2, 0) is 17.8 Å². The Bertz CT molecular complexity index is 1270. The second-order valence-electron chi connectivity index (χ2n) is 9.13. The standard InChI is InChI=1S/C27H27FN4O4/c1-36-23-9-6-21(7-10-23)30-12-13-31-25-11-8-22(32(34)35)14-19(25)15-24(26(31)17-30)27(33)29-16-18-2-4-20(28)5-3-18/h2-11,14,24,26H,12-13,15-17H2,1H3,(H,29,33)/t24-,26-/m0/s1. The van der Waals surface area contributed by atoms with Gasteiger partial charge < -0.3 is 19.9 Å². The Morgan fingerprint density at radius 1 is 1.11 bits per heavy atom. The number of hydrogen-bond acceptors (Lipinski definition) is 6. The second-order valence-corrected chi connectivity index (χ2v) is 9.13. The van der Waals surface area contributed by atoms with E-state index < -0.39 is 10.8 Å². The molecule has 0 aliphatic carbocycles. The van der Waals surface area contributed by atoms with Crippen LogP contribution in [0, 0.1) is 21.8 Å². The first-order chi connectivity index (χ1) is 17.4. The number of ether oxygens (including phenoxy) is 1. The van der Waals surface area contributed by atoms with E-state index in [0.29, 0.717) is 19.5 Å². The number of benzene rings is 3. The number of nitrogens with zero attached hydrogens (tertiary/aromatic N) is 3. The summed E-state index contributed by atoms with van der Waals surface area (Å²) in [5, 5.41) is 14.4. The van der Waals surface area contributed by atoms with Crippen LogP contribution in [0.15, 0.2) is 66.7 Å². The molecule has 9 heteroatoms. The summed E-state index contributed by atoms with van der Waals surface area (Å²) in [6.07, 6.45) is 0.407. The van der Waals surface area contributed by atoms with Crippen molar-refractivity contribution in [3.63, 3.8) is 0 Å². The maximum atomic E-state index is 13.5. The van der Waals surface area contributed by atoms with E-state index in [2.05, 4.69) is 15.1 Å². The number of fused-ring (bicyclic) bond motifs is 3. The van der Waals surface area contributed by atoms with Gasteiger partial charge in [-0.25, -0.2) is 4.39 Å². The molecule has 1 fully saturated rings. The SMILES string of the molecule is COc1ccc(N2CCN3c4ccc([N+](=O)[O-])cc4C[C@H](C(=O)NCc4ccc(F)cc4)[C@@H]3C2)cc1. The van der Waals surface area contributed by atoms with Crippen LogP contribution in [-0.4, -0.2) is 43.6 Å². The minimum atomic E-state index is -0.405. The molecule has 0 unspecified atom stereocenters. The van der Waals surface area contributed by atoms with Crippen LogP contribution in [0.1, 0.15) is 11.1 Å². The number of rotatable bonds is 6. The van der Waals surface area contributed by atoms with Crippen molar-refractivity contribution >= 4 is 23.0 Å². The van der Waals surface area contributed by atoms with Gasteiger partial charge in [0.1, 0.15) is 11.6 Å². The van der Waals surface area contributed by atoms with Crippen molar-refractivity contribution in [2.45, 2.75) is 19.0 Å². The van der Waals surface area contributed by atoms with E-state index >= 15 is 0 Å². The zero-order valence-corrected chi connectivity index (χ0v) is 19.9. The van der Waals surface area contributed by atoms with Crippen molar-refractivity contribution < 1.29 is 18.8 Å². The Kier molecular flexibility index (Phi) is 6.45. The first-order valence-electron chi connectivity index (χ1n) is 11.9. The molecule has 36 heavy (non-hydrogen) atoms. The smallest absolute Gasteiger partial charge is 0.269 e. The number of halogens is 1. The molecule has 0 radical (unpaired) electrons. The number of nitro benzene ring substituents is 1. The van der Waals surface area contributed by atoms with Crippen LogP contribution in [0.25, 0.3) is 0 Å². The Labute approximate surface area is 208 Å². The van der Waals surface area contributed by atoms with Crippen LogP contribution in [0.4, 0.5) is 21.5 Å². The summed E-state index contributed by atoms with van der Waals surface area (Å²) in [6, 6.07) is 18.7. The monoisotopic (exact) mass is 490 g/mol. The lowest BCUT2D eigenvalue weighted by Gasteiger charge is -2.49.